The van der Waals surface area contributed by atoms with Crippen LogP contribution in [0.15, 0.2) is 0 Å². The van der Waals surface area contributed by atoms with Gasteiger partial charge in [0.15, 0.2) is 6.10 Å². The zero-order valence-electron chi connectivity index (χ0n) is 12.0. The Bertz CT molecular complexity index is 477. The summed E-state index contributed by atoms with van der Waals surface area (Å²) in [6, 6.07) is 0. The number of rotatable bonds is 5. The lowest BCUT2D eigenvalue weighted by Crippen LogP contribution is -2.44. The van der Waals surface area contributed by atoms with Gasteiger partial charge in [-0.25, -0.2) is 0 Å². The van der Waals surface area contributed by atoms with E-state index in [4.69, 9.17) is 24.1 Å². The summed E-state index contributed by atoms with van der Waals surface area (Å²) in [5.41, 5.74) is 0. The number of carboxylic acids is 1. The van der Waals surface area contributed by atoms with E-state index in [0.717, 1.165) is 20.8 Å². The van der Waals surface area contributed by atoms with Crippen LogP contribution >= 0.6 is 15.9 Å². The summed E-state index contributed by atoms with van der Waals surface area (Å²) in [6.45, 7) is 3.31. The average Bonchev–Trinajstić information content (AvgIpc) is 2.65. The summed E-state index contributed by atoms with van der Waals surface area (Å²) in [5.74, 6) is -3.48. The highest BCUT2D eigenvalue weighted by Crippen LogP contribution is 2.32. The van der Waals surface area contributed by atoms with Crippen LogP contribution in [0.25, 0.3) is 0 Å². The van der Waals surface area contributed by atoms with Gasteiger partial charge in [0.05, 0.1) is 0 Å². The lowest BCUT2D eigenvalue weighted by Gasteiger charge is -2.23. The molecule has 0 aliphatic carbocycles. The van der Waals surface area contributed by atoms with Crippen molar-refractivity contribution in [1.29, 1.82) is 0 Å². The Morgan fingerprint density at radius 2 is 1.41 bits per heavy atom. The molecule has 1 aliphatic heterocycles. The molecule has 0 spiro atoms. The molecule has 1 fully saturated rings. The van der Waals surface area contributed by atoms with E-state index in [2.05, 4.69) is 15.9 Å². The predicted molar refractivity (Wildman–Crippen MR) is 71.9 cm³/mol. The number of alkyl halides is 1. The number of aliphatic carboxylic acids is 1. The normalized spacial score (nSPS) is 28.5. The van der Waals surface area contributed by atoms with E-state index in [9.17, 15) is 19.2 Å². The molecule has 1 aliphatic rings. The third kappa shape index (κ3) is 4.67. The maximum atomic E-state index is 11.2. The van der Waals surface area contributed by atoms with Crippen LogP contribution in [0.3, 0.4) is 0 Å². The van der Waals surface area contributed by atoms with Gasteiger partial charge in [-0.3, -0.25) is 19.2 Å². The SMILES string of the molecule is CC(=O)O[C@@H]1O[C@H]([C@H](Br)C(=O)O)[C@@H](OC(C)=O)[C@H]1OC(C)=O. The second-order valence-corrected chi connectivity index (χ2v) is 5.45. The minimum Gasteiger partial charge on any atom is -0.480 e. The minimum atomic E-state index is -1.38. The zero-order valence-corrected chi connectivity index (χ0v) is 13.6. The van der Waals surface area contributed by atoms with Crippen molar-refractivity contribution in [3.63, 3.8) is 0 Å². The smallest absolute Gasteiger partial charge is 0.320 e. The molecule has 0 radical (unpaired) electrons. The highest BCUT2D eigenvalue weighted by Gasteiger charge is 2.54. The second-order valence-electron chi connectivity index (χ2n) is 4.47. The number of carboxylic acid groups (broad SMARTS) is 1. The Morgan fingerprint density at radius 1 is 0.955 bits per heavy atom. The first kappa shape index (κ1) is 18.4. The maximum Gasteiger partial charge on any atom is 0.320 e. The highest BCUT2D eigenvalue weighted by atomic mass is 79.9. The molecule has 22 heavy (non-hydrogen) atoms. The Labute approximate surface area is 134 Å². The van der Waals surface area contributed by atoms with E-state index in [-0.39, 0.29) is 0 Å². The van der Waals surface area contributed by atoms with Crippen LogP contribution in [0.2, 0.25) is 0 Å². The Kier molecular flexibility index (Phi) is 6.30. The standard InChI is InChI=1S/C12H15BrO9/c1-4(14)19-9-8(7(13)11(17)18)22-12(21-6(3)16)10(9)20-5(2)15/h7-10,12H,1-3H3,(H,17,18)/t7-,8+,9+,10+,12+/m0/s1. The van der Waals surface area contributed by atoms with Crippen LogP contribution in [0.1, 0.15) is 20.8 Å². The van der Waals surface area contributed by atoms with Gasteiger partial charge in [-0.1, -0.05) is 15.9 Å². The molecule has 0 saturated carbocycles. The molecule has 0 aromatic rings. The summed E-state index contributed by atoms with van der Waals surface area (Å²) in [5, 5.41) is 9.05. The first-order valence-electron chi connectivity index (χ1n) is 6.17. The van der Waals surface area contributed by atoms with E-state index in [1.54, 1.807) is 0 Å². The molecule has 1 N–H and O–H groups in total. The van der Waals surface area contributed by atoms with E-state index in [0.29, 0.717) is 0 Å². The maximum absolute atomic E-state index is 11.2. The lowest BCUT2D eigenvalue weighted by molar-refractivity contribution is -0.195. The lowest BCUT2D eigenvalue weighted by atomic mass is 10.1. The van der Waals surface area contributed by atoms with Crippen LogP contribution in [0.5, 0.6) is 0 Å². The van der Waals surface area contributed by atoms with Crippen LogP contribution in [0, 0.1) is 0 Å². The van der Waals surface area contributed by atoms with Crippen molar-refractivity contribution in [2.45, 2.75) is 50.2 Å². The van der Waals surface area contributed by atoms with Crippen LogP contribution < -0.4 is 0 Å². The van der Waals surface area contributed by atoms with Gasteiger partial charge < -0.3 is 24.1 Å². The van der Waals surface area contributed by atoms with E-state index in [1.807, 2.05) is 0 Å². The molecule has 124 valence electrons. The molecule has 0 amide bonds. The summed E-state index contributed by atoms with van der Waals surface area (Å²) in [6.07, 6.45) is -5.11. The van der Waals surface area contributed by atoms with Gasteiger partial charge in [0.25, 0.3) is 0 Å². The molecule has 0 aromatic heterocycles. The third-order valence-electron chi connectivity index (χ3n) is 2.62. The fourth-order valence-electron chi connectivity index (χ4n) is 1.93. The van der Waals surface area contributed by atoms with Crippen LogP contribution in [-0.4, -0.2) is 58.4 Å². The van der Waals surface area contributed by atoms with Gasteiger partial charge in [0, 0.05) is 20.8 Å². The van der Waals surface area contributed by atoms with Gasteiger partial charge in [-0.15, -0.1) is 0 Å². The molecule has 0 unspecified atom stereocenters. The van der Waals surface area contributed by atoms with E-state index < -0.39 is 53.3 Å². The van der Waals surface area contributed by atoms with Crippen molar-refractivity contribution in [3.05, 3.63) is 0 Å². The van der Waals surface area contributed by atoms with E-state index >= 15 is 0 Å². The molecule has 9 nitrogen and oxygen atoms in total. The first-order chi connectivity index (χ1) is 10.1. The molecular formula is C12H15BrO9. The highest BCUT2D eigenvalue weighted by molar-refractivity contribution is 9.10. The topological polar surface area (TPSA) is 125 Å². The van der Waals surface area contributed by atoms with Gasteiger partial charge in [-0.2, -0.15) is 0 Å². The predicted octanol–water partition coefficient (Wildman–Crippen LogP) is -0.0141. The quantitative estimate of drug-likeness (QED) is 0.396. The number of hydrogen-bond acceptors (Lipinski definition) is 8. The first-order valence-corrected chi connectivity index (χ1v) is 7.09. The van der Waals surface area contributed by atoms with Crippen molar-refractivity contribution in [3.8, 4) is 0 Å². The number of carbonyl (C=O) groups excluding carboxylic acids is 3. The van der Waals surface area contributed by atoms with E-state index in [1.165, 1.54) is 0 Å². The van der Waals surface area contributed by atoms with Gasteiger partial charge >= 0.3 is 23.9 Å². The number of hydrogen-bond donors (Lipinski definition) is 1. The summed E-state index contributed by atoms with van der Waals surface area (Å²) in [4.78, 5) is 43.3. The number of carbonyl (C=O) groups is 4. The molecular weight excluding hydrogens is 368 g/mol. The third-order valence-corrected chi connectivity index (χ3v) is 3.53. The molecule has 1 rings (SSSR count). The van der Waals surface area contributed by atoms with Crippen molar-refractivity contribution in [1.82, 2.24) is 0 Å². The molecule has 0 bridgehead atoms. The van der Waals surface area contributed by atoms with Crippen molar-refractivity contribution in [2.75, 3.05) is 0 Å². The van der Waals surface area contributed by atoms with Gasteiger partial charge in [0.1, 0.15) is 10.9 Å². The largest absolute Gasteiger partial charge is 0.480 e. The van der Waals surface area contributed by atoms with Crippen molar-refractivity contribution >= 4 is 39.8 Å². The Balaban J connectivity index is 3.10. The number of halogens is 1. The Hall–Kier alpha value is -1.68. The molecule has 0 aromatic carbocycles. The summed E-state index contributed by atoms with van der Waals surface area (Å²) >= 11 is 2.89. The Morgan fingerprint density at radius 3 is 1.82 bits per heavy atom. The van der Waals surface area contributed by atoms with Crippen LogP contribution in [0.4, 0.5) is 0 Å². The number of ether oxygens (including phenoxy) is 4. The molecule has 1 saturated heterocycles. The molecule has 10 heteroatoms. The monoisotopic (exact) mass is 382 g/mol. The second kappa shape index (κ2) is 7.54. The average molecular weight is 383 g/mol. The zero-order chi connectivity index (χ0) is 17.0. The minimum absolute atomic E-state index is 0.731. The molecule has 1 heterocycles. The molecule has 5 atom stereocenters. The van der Waals surface area contributed by atoms with Crippen molar-refractivity contribution < 1.29 is 43.2 Å². The fraction of sp³-hybridized carbons (Fsp3) is 0.667. The van der Waals surface area contributed by atoms with Gasteiger partial charge in [0.2, 0.25) is 12.4 Å². The summed E-state index contributed by atoms with van der Waals surface area (Å²) in [7, 11) is 0. The van der Waals surface area contributed by atoms with Crippen LogP contribution in [-0.2, 0) is 38.1 Å². The van der Waals surface area contributed by atoms with Crippen molar-refractivity contribution in [2.24, 2.45) is 0 Å². The van der Waals surface area contributed by atoms with Gasteiger partial charge in [-0.05, 0) is 0 Å². The number of esters is 3. The fourth-order valence-corrected chi connectivity index (χ4v) is 2.35. The summed E-state index contributed by atoms with van der Waals surface area (Å²) < 4.78 is 20.1.